The van der Waals surface area contributed by atoms with Crippen molar-refractivity contribution in [2.45, 2.75) is 43.4 Å². The molecule has 10 nitrogen and oxygen atoms in total. The van der Waals surface area contributed by atoms with E-state index >= 15 is 0 Å². The Hall–Kier alpha value is -2.02. The number of hydrogen-bond donors (Lipinski definition) is 4. The summed E-state index contributed by atoms with van der Waals surface area (Å²) in [4.78, 5) is 23.7. The van der Waals surface area contributed by atoms with Crippen molar-refractivity contribution in [3.8, 4) is 0 Å². The van der Waals surface area contributed by atoms with Gasteiger partial charge in [0.2, 0.25) is 5.91 Å². The number of benzene rings is 1. The van der Waals surface area contributed by atoms with Crippen LogP contribution in [0, 0.1) is 0 Å². The summed E-state index contributed by atoms with van der Waals surface area (Å²) in [5, 5.41) is 0.862. The van der Waals surface area contributed by atoms with E-state index in [1.54, 1.807) is 18.2 Å². The first-order valence-corrected chi connectivity index (χ1v) is 10.9. The molecular weight excluding hydrogens is 400 g/mol. The van der Waals surface area contributed by atoms with Crippen molar-refractivity contribution in [1.29, 1.82) is 0 Å². The van der Waals surface area contributed by atoms with E-state index in [-0.39, 0.29) is 12.0 Å². The van der Waals surface area contributed by atoms with E-state index in [9.17, 15) is 35.5 Å². The first-order valence-electron chi connectivity index (χ1n) is 7.91. The predicted molar refractivity (Wildman–Crippen MR) is 97.1 cm³/mol. The van der Waals surface area contributed by atoms with Crippen LogP contribution in [0.25, 0.3) is 0 Å². The van der Waals surface area contributed by atoms with Gasteiger partial charge in [-0.3, -0.25) is 18.7 Å². The normalized spacial score (nSPS) is 15.4. The maximum absolute atomic E-state index is 12.3. The maximum atomic E-state index is 12.3. The second-order valence-electron chi connectivity index (χ2n) is 5.84. The lowest BCUT2D eigenvalue weighted by molar-refractivity contribution is -0.119. The third-order valence-electron chi connectivity index (χ3n) is 3.77. The topological polar surface area (TPSA) is 167 Å². The fraction of sp³-hybridized carbons (Fsp3) is 0.467. The Morgan fingerprint density at radius 2 is 1.48 bits per heavy atom. The SMILES string of the molecule is CCC(C(CC(NC(C)=O)NC(=O)c1ccccc1)S(=O)(=O)O)S(=O)(=O)O. The van der Waals surface area contributed by atoms with Gasteiger partial charge in [-0.15, -0.1) is 0 Å². The minimum absolute atomic E-state index is 0.220. The summed E-state index contributed by atoms with van der Waals surface area (Å²) in [5.41, 5.74) is 0.220. The van der Waals surface area contributed by atoms with Crippen LogP contribution in [-0.2, 0) is 25.0 Å². The number of hydrogen-bond acceptors (Lipinski definition) is 6. The van der Waals surface area contributed by atoms with Crippen molar-refractivity contribution in [2.75, 3.05) is 0 Å². The highest BCUT2D eigenvalue weighted by Gasteiger charge is 2.41. The monoisotopic (exact) mass is 422 g/mol. The largest absolute Gasteiger partial charge is 0.336 e. The van der Waals surface area contributed by atoms with Gasteiger partial charge in [-0.05, 0) is 18.6 Å². The van der Waals surface area contributed by atoms with Crippen LogP contribution in [0.15, 0.2) is 30.3 Å². The van der Waals surface area contributed by atoms with Crippen LogP contribution in [0.2, 0.25) is 0 Å². The second-order valence-corrected chi connectivity index (χ2v) is 9.11. The summed E-state index contributed by atoms with van der Waals surface area (Å²) in [5.74, 6) is -1.27. The fourth-order valence-corrected chi connectivity index (χ4v) is 5.36. The quantitative estimate of drug-likeness (QED) is 0.323. The molecule has 0 fully saturated rings. The average Bonchev–Trinajstić information content (AvgIpc) is 2.52. The lowest BCUT2D eigenvalue weighted by atomic mass is 10.1. The predicted octanol–water partition coefficient (Wildman–Crippen LogP) is 0.192. The first kappa shape index (κ1) is 23.0. The summed E-state index contributed by atoms with van der Waals surface area (Å²) < 4.78 is 65.2. The number of carbonyl (C=O) groups excluding carboxylic acids is 2. The molecule has 0 saturated heterocycles. The lowest BCUT2D eigenvalue weighted by Gasteiger charge is -2.27. The molecule has 1 aromatic carbocycles. The Bertz CT molecular complexity index is 868. The smallest absolute Gasteiger partial charge is 0.269 e. The van der Waals surface area contributed by atoms with Crippen molar-refractivity contribution < 1.29 is 35.5 Å². The van der Waals surface area contributed by atoms with Crippen LogP contribution in [0.1, 0.15) is 37.0 Å². The van der Waals surface area contributed by atoms with Crippen molar-refractivity contribution >= 4 is 32.1 Å². The van der Waals surface area contributed by atoms with Gasteiger partial charge in [-0.1, -0.05) is 25.1 Å². The standard InChI is InChI=1S/C15H22N2O8S2/c1-3-12(26(20,21)22)13(27(23,24)25)9-14(16-10(2)18)17-15(19)11-7-5-4-6-8-11/h4-8,12-14H,3,9H2,1-2H3,(H,16,18)(H,17,19)(H,20,21,22)(H,23,24,25). The Labute approximate surface area is 157 Å². The summed E-state index contributed by atoms with van der Waals surface area (Å²) in [6, 6.07) is 7.82. The summed E-state index contributed by atoms with van der Waals surface area (Å²) in [7, 11) is -9.75. The zero-order valence-corrected chi connectivity index (χ0v) is 16.3. The van der Waals surface area contributed by atoms with Gasteiger partial charge in [0.1, 0.15) is 16.7 Å². The number of rotatable bonds is 9. The molecule has 0 aliphatic rings. The number of carbonyl (C=O) groups is 2. The minimum atomic E-state index is -4.93. The van der Waals surface area contributed by atoms with Gasteiger partial charge in [0.15, 0.2) is 0 Å². The highest BCUT2D eigenvalue weighted by Crippen LogP contribution is 2.20. The molecule has 4 N–H and O–H groups in total. The van der Waals surface area contributed by atoms with E-state index in [1.165, 1.54) is 19.1 Å². The summed E-state index contributed by atoms with van der Waals surface area (Å²) in [6.45, 7) is 2.43. The highest BCUT2D eigenvalue weighted by molar-refractivity contribution is 7.90. The lowest BCUT2D eigenvalue weighted by Crippen LogP contribution is -2.52. The fourth-order valence-electron chi connectivity index (χ4n) is 2.59. The van der Waals surface area contributed by atoms with Crippen molar-refractivity contribution in [1.82, 2.24) is 10.6 Å². The van der Waals surface area contributed by atoms with E-state index in [0.717, 1.165) is 6.92 Å². The van der Waals surface area contributed by atoms with Crippen molar-refractivity contribution in [2.24, 2.45) is 0 Å². The molecular formula is C15H22N2O8S2. The number of nitrogens with one attached hydrogen (secondary N) is 2. The zero-order valence-electron chi connectivity index (χ0n) is 14.7. The van der Waals surface area contributed by atoms with Gasteiger partial charge in [-0.2, -0.15) is 16.8 Å². The third kappa shape index (κ3) is 7.25. The Balaban J connectivity index is 3.17. The first-order chi connectivity index (χ1) is 12.4. The molecule has 2 amide bonds. The summed E-state index contributed by atoms with van der Waals surface area (Å²) in [6.07, 6.45) is -2.30. The van der Waals surface area contributed by atoms with Gasteiger partial charge in [0.25, 0.3) is 26.1 Å². The summed E-state index contributed by atoms with van der Waals surface area (Å²) >= 11 is 0. The molecule has 1 rings (SSSR count). The highest BCUT2D eigenvalue weighted by atomic mass is 32.2. The Morgan fingerprint density at radius 1 is 0.963 bits per heavy atom. The minimum Gasteiger partial charge on any atom is -0.336 e. The van der Waals surface area contributed by atoms with Gasteiger partial charge in [-0.25, -0.2) is 0 Å². The molecule has 3 unspecified atom stereocenters. The molecule has 0 aliphatic heterocycles. The second kappa shape index (κ2) is 9.26. The molecule has 152 valence electrons. The molecule has 0 radical (unpaired) electrons. The number of amides is 2. The molecule has 0 aromatic heterocycles. The molecule has 0 spiro atoms. The van der Waals surface area contributed by atoms with Crippen LogP contribution in [0.4, 0.5) is 0 Å². The Morgan fingerprint density at radius 3 is 1.89 bits per heavy atom. The molecule has 27 heavy (non-hydrogen) atoms. The molecule has 0 heterocycles. The molecule has 0 saturated carbocycles. The van der Waals surface area contributed by atoms with Crippen LogP contribution in [0.3, 0.4) is 0 Å². The van der Waals surface area contributed by atoms with Crippen LogP contribution in [-0.4, -0.2) is 54.4 Å². The van der Waals surface area contributed by atoms with Gasteiger partial charge in [0.05, 0.1) is 0 Å². The van der Waals surface area contributed by atoms with Crippen molar-refractivity contribution in [3.63, 3.8) is 0 Å². The third-order valence-corrected chi connectivity index (χ3v) is 6.65. The molecule has 3 atom stereocenters. The van der Waals surface area contributed by atoms with Crippen LogP contribution in [0.5, 0.6) is 0 Å². The van der Waals surface area contributed by atoms with E-state index in [1.807, 2.05) is 0 Å². The van der Waals surface area contributed by atoms with E-state index in [4.69, 9.17) is 0 Å². The van der Waals surface area contributed by atoms with Gasteiger partial charge >= 0.3 is 0 Å². The van der Waals surface area contributed by atoms with Gasteiger partial charge in [0, 0.05) is 18.9 Å². The Kier molecular flexibility index (Phi) is 7.90. The van der Waals surface area contributed by atoms with E-state index < -0.39 is 55.1 Å². The van der Waals surface area contributed by atoms with Gasteiger partial charge < -0.3 is 10.6 Å². The maximum Gasteiger partial charge on any atom is 0.269 e. The van der Waals surface area contributed by atoms with Crippen LogP contribution >= 0.6 is 0 Å². The van der Waals surface area contributed by atoms with E-state index in [2.05, 4.69) is 10.6 Å². The van der Waals surface area contributed by atoms with Crippen LogP contribution < -0.4 is 10.6 Å². The molecule has 1 aromatic rings. The average molecular weight is 422 g/mol. The molecule has 0 aliphatic carbocycles. The van der Waals surface area contributed by atoms with E-state index in [0.29, 0.717) is 0 Å². The molecule has 0 bridgehead atoms. The zero-order chi connectivity index (χ0) is 20.8. The molecule has 12 heteroatoms. The van der Waals surface area contributed by atoms with Crippen molar-refractivity contribution in [3.05, 3.63) is 35.9 Å².